The highest BCUT2D eigenvalue weighted by atomic mass is 32.2. The molecule has 0 heterocycles. The third-order valence-electron chi connectivity index (χ3n) is 4.71. The van der Waals surface area contributed by atoms with Crippen molar-refractivity contribution in [1.82, 2.24) is 9.03 Å². The lowest BCUT2D eigenvalue weighted by atomic mass is 9.95. The molecule has 0 spiro atoms. The third-order valence-corrected chi connectivity index (χ3v) is 7.76. The summed E-state index contributed by atoms with van der Waals surface area (Å²) in [5.74, 6) is 0. The topological polar surface area (TPSA) is 83.6 Å². The number of nitrogens with zero attached hydrogens (tertiary/aromatic N) is 1. The molecular formula is C16H28N2O4S2. The van der Waals surface area contributed by atoms with E-state index >= 15 is 0 Å². The molecule has 0 bridgehead atoms. The summed E-state index contributed by atoms with van der Waals surface area (Å²) in [6, 6.07) is 0. The van der Waals surface area contributed by atoms with E-state index in [9.17, 15) is 16.8 Å². The maximum Gasteiger partial charge on any atom is 0.241 e. The van der Waals surface area contributed by atoms with Gasteiger partial charge in [0.05, 0.1) is 11.2 Å². The van der Waals surface area contributed by atoms with Gasteiger partial charge in [0.25, 0.3) is 0 Å². The van der Waals surface area contributed by atoms with Crippen LogP contribution in [0, 0.1) is 34.6 Å². The summed E-state index contributed by atoms with van der Waals surface area (Å²) in [5, 5.41) is 0. The molecule has 0 aliphatic carbocycles. The van der Waals surface area contributed by atoms with Crippen molar-refractivity contribution in [3.05, 3.63) is 27.8 Å². The van der Waals surface area contributed by atoms with E-state index in [1.165, 1.54) is 11.4 Å². The van der Waals surface area contributed by atoms with Gasteiger partial charge in [-0.25, -0.2) is 25.9 Å². The molecule has 1 aromatic carbocycles. The molecule has 0 fully saturated rings. The average Bonchev–Trinajstić information content (AvgIpc) is 2.46. The quantitative estimate of drug-likeness (QED) is 0.736. The second-order valence-electron chi connectivity index (χ2n) is 6.29. The summed E-state index contributed by atoms with van der Waals surface area (Å²) in [7, 11) is -5.40. The SMILES string of the molecule is Cc1c(C)c(C)c(S(=O)(=O)NCCCN(C)S(C)(=O)=O)c(C)c1C. The lowest BCUT2D eigenvalue weighted by Gasteiger charge is -2.19. The zero-order valence-electron chi connectivity index (χ0n) is 15.5. The van der Waals surface area contributed by atoms with Crippen LogP contribution in [-0.2, 0) is 20.0 Å². The molecule has 0 aromatic heterocycles. The van der Waals surface area contributed by atoms with E-state index in [0.717, 1.165) is 34.1 Å². The van der Waals surface area contributed by atoms with Gasteiger partial charge in [0.2, 0.25) is 20.0 Å². The highest BCUT2D eigenvalue weighted by Crippen LogP contribution is 2.29. The Bertz CT molecular complexity index is 799. The first-order valence-corrected chi connectivity index (χ1v) is 11.1. The number of hydrogen-bond acceptors (Lipinski definition) is 4. The summed E-state index contributed by atoms with van der Waals surface area (Å²) in [5.41, 5.74) is 4.59. The van der Waals surface area contributed by atoms with Gasteiger partial charge < -0.3 is 0 Å². The van der Waals surface area contributed by atoms with Crippen molar-refractivity contribution in [3.8, 4) is 0 Å². The van der Waals surface area contributed by atoms with Crippen molar-refractivity contribution in [2.45, 2.75) is 45.9 Å². The molecule has 0 aliphatic heterocycles. The molecule has 1 aromatic rings. The van der Waals surface area contributed by atoms with E-state index in [1.807, 2.05) is 34.6 Å². The van der Waals surface area contributed by atoms with Crippen LogP contribution in [0.2, 0.25) is 0 Å². The van der Waals surface area contributed by atoms with Crippen LogP contribution in [-0.4, -0.2) is 47.5 Å². The molecule has 138 valence electrons. The Morgan fingerprint density at radius 2 is 1.25 bits per heavy atom. The summed E-state index contributed by atoms with van der Waals surface area (Å²) in [6.45, 7) is 9.95. The molecule has 24 heavy (non-hydrogen) atoms. The van der Waals surface area contributed by atoms with Crippen molar-refractivity contribution in [1.29, 1.82) is 0 Å². The van der Waals surface area contributed by atoms with Crippen LogP contribution < -0.4 is 4.72 Å². The van der Waals surface area contributed by atoms with Gasteiger partial charge in [0.15, 0.2) is 0 Å². The minimum Gasteiger partial charge on any atom is -0.213 e. The lowest BCUT2D eigenvalue weighted by Crippen LogP contribution is -2.31. The second-order valence-corrected chi connectivity index (χ2v) is 10.1. The first kappa shape index (κ1) is 21.1. The Kier molecular flexibility index (Phi) is 6.60. The number of nitrogens with one attached hydrogen (secondary N) is 1. The van der Waals surface area contributed by atoms with Crippen LogP contribution in [0.15, 0.2) is 4.90 Å². The lowest BCUT2D eigenvalue weighted by molar-refractivity contribution is 0.465. The van der Waals surface area contributed by atoms with E-state index in [0.29, 0.717) is 11.3 Å². The molecular weight excluding hydrogens is 348 g/mol. The van der Waals surface area contributed by atoms with Crippen molar-refractivity contribution in [2.24, 2.45) is 0 Å². The minimum absolute atomic E-state index is 0.188. The van der Waals surface area contributed by atoms with Gasteiger partial charge in [0, 0.05) is 20.1 Å². The number of sulfonamides is 2. The van der Waals surface area contributed by atoms with E-state index < -0.39 is 20.0 Å². The highest BCUT2D eigenvalue weighted by Gasteiger charge is 2.23. The Hall–Kier alpha value is -0.960. The molecule has 0 saturated heterocycles. The van der Waals surface area contributed by atoms with Gasteiger partial charge >= 0.3 is 0 Å². The first-order chi connectivity index (χ1) is 10.8. The molecule has 6 nitrogen and oxygen atoms in total. The molecule has 0 unspecified atom stereocenters. The fourth-order valence-corrected chi connectivity index (χ4v) is 4.75. The summed E-state index contributed by atoms with van der Waals surface area (Å²) < 4.78 is 51.8. The second kappa shape index (κ2) is 7.51. The van der Waals surface area contributed by atoms with Crippen LogP contribution in [0.1, 0.15) is 34.2 Å². The van der Waals surface area contributed by atoms with E-state index in [1.54, 1.807) is 0 Å². The summed E-state index contributed by atoms with van der Waals surface area (Å²) in [4.78, 5) is 0.333. The maximum atomic E-state index is 12.7. The molecule has 0 amide bonds. The van der Waals surface area contributed by atoms with Crippen LogP contribution >= 0.6 is 0 Å². The molecule has 0 aliphatic rings. The molecule has 0 saturated carbocycles. The Balaban J connectivity index is 2.95. The molecule has 0 atom stereocenters. The molecule has 1 N–H and O–H groups in total. The Labute approximate surface area is 146 Å². The summed E-state index contributed by atoms with van der Waals surface area (Å²) in [6.07, 6.45) is 1.53. The zero-order chi connectivity index (χ0) is 18.9. The van der Waals surface area contributed by atoms with Crippen LogP contribution in [0.25, 0.3) is 0 Å². The minimum atomic E-state index is -3.63. The van der Waals surface area contributed by atoms with Gasteiger partial charge in [-0.2, -0.15) is 0 Å². The first-order valence-electron chi connectivity index (χ1n) is 7.78. The van der Waals surface area contributed by atoms with E-state index in [-0.39, 0.29) is 13.1 Å². The van der Waals surface area contributed by atoms with Gasteiger partial charge in [-0.3, -0.25) is 0 Å². The summed E-state index contributed by atoms with van der Waals surface area (Å²) >= 11 is 0. The predicted molar refractivity (Wildman–Crippen MR) is 97.4 cm³/mol. The van der Waals surface area contributed by atoms with Crippen molar-refractivity contribution < 1.29 is 16.8 Å². The van der Waals surface area contributed by atoms with Gasteiger partial charge in [-0.15, -0.1) is 0 Å². The van der Waals surface area contributed by atoms with Gasteiger partial charge in [-0.05, 0) is 68.9 Å². The van der Waals surface area contributed by atoms with Crippen molar-refractivity contribution in [2.75, 3.05) is 26.4 Å². The fourth-order valence-electron chi connectivity index (χ4n) is 2.61. The van der Waals surface area contributed by atoms with Crippen LogP contribution in [0.5, 0.6) is 0 Å². The maximum absolute atomic E-state index is 12.7. The van der Waals surface area contributed by atoms with Crippen molar-refractivity contribution >= 4 is 20.0 Å². The number of rotatable bonds is 7. The third kappa shape index (κ3) is 4.56. The van der Waals surface area contributed by atoms with E-state index in [2.05, 4.69) is 4.72 Å². The monoisotopic (exact) mass is 376 g/mol. The Morgan fingerprint density at radius 1 is 0.833 bits per heavy atom. The smallest absolute Gasteiger partial charge is 0.213 e. The van der Waals surface area contributed by atoms with Gasteiger partial charge in [0.1, 0.15) is 0 Å². The molecule has 8 heteroatoms. The number of benzene rings is 1. The van der Waals surface area contributed by atoms with Gasteiger partial charge in [-0.1, -0.05) is 0 Å². The van der Waals surface area contributed by atoms with Crippen LogP contribution in [0.3, 0.4) is 0 Å². The standard InChI is InChI=1S/C16H28N2O4S2/c1-11-12(2)14(4)16(15(5)13(11)3)24(21,22)17-9-8-10-18(6)23(7,19)20/h17H,8-10H2,1-7H3. The zero-order valence-corrected chi connectivity index (χ0v) is 17.2. The molecule has 0 radical (unpaired) electrons. The predicted octanol–water partition coefficient (Wildman–Crippen LogP) is 1.79. The van der Waals surface area contributed by atoms with Crippen molar-refractivity contribution in [3.63, 3.8) is 0 Å². The largest absolute Gasteiger partial charge is 0.241 e. The highest BCUT2D eigenvalue weighted by molar-refractivity contribution is 7.89. The Morgan fingerprint density at radius 3 is 1.67 bits per heavy atom. The van der Waals surface area contributed by atoms with E-state index in [4.69, 9.17) is 0 Å². The number of hydrogen-bond donors (Lipinski definition) is 1. The van der Waals surface area contributed by atoms with Crippen LogP contribution in [0.4, 0.5) is 0 Å². The normalized spacial score (nSPS) is 12.8. The average molecular weight is 377 g/mol. The fraction of sp³-hybridized carbons (Fsp3) is 0.625. The molecule has 1 rings (SSSR count).